The molecule has 1 rings (SSSR count). The zero-order valence-corrected chi connectivity index (χ0v) is 9.29. The Kier molecular flexibility index (Phi) is 2.48. The largest absolute Gasteiger partial charge is 0.431 e. The lowest BCUT2D eigenvalue weighted by Crippen LogP contribution is -2.34. The molecule has 0 saturated carbocycles. The van der Waals surface area contributed by atoms with E-state index in [1.807, 2.05) is 27.7 Å². The van der Waals surface area contributed by atoms with Gasteiger partial charge in [0.15, 0.2) is 0 Å². The van der Waals surface area contributed by atoms with Gasteiger partial charge in [-0.25, -0.2) is 0 Å². The number of ether oxygens (including phenoxy) is 1. The fraction of sp³-hybridized carbons (Fsp3) is 0.700. The Morgan fingerprint density at radius 2 is 2.07 bits per heavy atom. The Morgan fingerprint density at radius 1 is 1.50 bits per heavy atom. The molecular formula is C10H16N2O2. The molecule has 0 fully saturated rings. The quantitative estimate of drug-likeness (QED) is 0.605. The molecule has 0 amide bonds. The van der Waals surface area contributed by atoms with Gasteiger partial charge in [0.2, 0.25) is 5.72 Å². The molecule has 0 radical (unpaired) electrons. The highest BCUT2D eigenvalue weighted by Crippen LogP contribution is 2.31. The summed E-state index contributed by atoms with van der Waals surface area (Å²) >= 11 is 0. The highest BCUT2D eigenvalue weighted by atomic mass is 16.6. The zero-order chi connectivity index (χ0) is 11.0. The molecule has 0 aromatic carbocycles. The van der Waals surface area contributed by atoms with E-state index in [1.54, 1.807) is 13.1 Å². The van der Waals surface area contributed by atoms with Crippen LogP contribution in [0.2, 0.25) is 0 Å². The molecule has 4 nitrogen and oxygen atoms in total. The van der Waals surface area contributed by atoms with E-state index >= 15 is 0 Å². The first-order chi connectivity index (χ1) is 6.26. The summed E-state index contributed by atoms with van der Waals surface area (Å²) < 4.78 is 5.31. The maximum Gasteiger partial charge on any atom is 0.313 e. The predicted molar refractivity (Wildman–Crippen MR) is 52.6 cm³/mol. The van der Waals surface area contributed by atoms with Gasteiger partial charge in [-0.15, -0.1) is 5.11 Å². The summed E-state index contributed by atoms with van der Waals surface area (Å²) in [5, 5.41) is 7.63. The Labute approximate surface area is 84.1 Å². The molecule has 1 heterocycles. The number of carbonyl (C=O) groups excluding carboxylic acids is 1. The number of carbonyl (C=O) groups is 1. The van der Waals surface area contributed by atoms with Gasteiger partial charge in [0.25, 0.3) is 0 Å². The normalized spacial score (nSPS) is 26.2. The van der Waals surface area contributed by atoms with Crippen molar-refractivity contribution in [3.8, 4) is 0 Å². The summed E-state index contributed by atoms with van der Waals surface area (Å²) in [6.07, 6.45) is 1.61. The highest BCUT2D eigenvalue weighted by Gasteiger charge is 2.37. The molecule has 0 aromatic heterocycles. The van der Waals surface area contributed by atoms with Crippen molar-refractivity contribution >= 4 is 5.97 Å². The number of azo groups is 1. The van der Waals surface area contributed by atoms with Crippen LogP contribution in [0.25, 0.3) is 0 Å². The van der Waals surface area contributed by atoms with Gasteiger partial charge in [0, 0.05) is 12.5 Å². The second-order valence-corrected chi connectivity index (χ2v) is 4.65. The molecule has 0 N–H and O–H groups in total. The van der Waals surface area contributed by atoms with Crippen molar-refractivity contribution in [3.63, 3.8) is 0 Å². The lowest BCUT2D eigenvalue weighted by molar-refractivity contribution is -0.163. The van der Waals surface area contributed by atoms with Gasteiger partial charge in [0.05, 0.1) is 11.6 Å². The van der Waals surface area contributed by atoms with E-state index in [2.05, 4.69) is 10.2 Å². The van der Waals surface area contributed by atoms with E-state index in [0.29, 0.717) is 0 Å². The van der Waals surface area contributed by atoms with Crippen molar-refractivity contribution < 1.29 is 9.53 Å². The molecule has 78 valence electrons. The van der Waals surface area contributed by atoms with E-state index in [0.717, 1.165) is 5.57 Å². The van der Waals surface area contributed by atoms with Gasteiger partial charge < -0.3 is 4.74 Å². The van der Waals surface area contributed by atoms with Crippen molar-refractivity contribution in [2.45, 2.75) is 40.3 Å². The van der Waals surface area contributed by atoms with Crippen molar-refractivity contribution in [2.75, 3.05) is 0 Å². The molecule has 4 heteroatoms. The summed E-state index contributed by atoms with van der Waals surface area (Å²) in [6.45, 7) is 9.01. The Hall–Kier alpha value is -1.19. The first kappa shape index (κ1) is 10.9. The molecule has 0 spiro atoms. The molecule has 1 aliphatic rings. The minimum atomic E-state index is -0.898. The van der Waals surface area contributed by atoms with E-state index in [9.17, 15) is 4.79 Å². The summed E-state index contributed by atoms with van der Waals surface area (Å²) in [5.41, 5.74) is -0.568. The SMILES string of the molecule is CC1=CN=NC1(C)OC(=O)C(C)(C)C. The van der Waals surface area contributed by atoms with Crippen LogP contribution < -0.4 is 0 Å². The standard InChI is InChI=1S/C10H16N2O2/c1-7-6-11-12-10(7,5)14-8(13)9(2,3)4/h6H,1-5H3. The van der Waals surface area contributed by atoms with Gasteiger partial charge >= 0.3 is 5.97 Å². The maximum absolute atomic E-state index is 11.6. The van der Waals surface area contributed by atoms with Crippen LogP contribution in [0.15, 0.2) is 22.0 Å². The number of hydrogen-bond donors (Lipinski definition) is 0. The molecule has 0 aliphatic carbocycles. The maximum atomic E-state index is 11.6. The predicted octanol–water partition coefficient (Wildman–Crippen LogP) is 2.66. The Balaban J connectivity index is 2.75. The van der Waals surface area contributed by atoms with Crippen LogP contribution in [0.1, 0.15) is 34.6 Å². The van der Waals surface area contributed by atoms with E-state index in [1.165, 1.54) is 0 Å². The topological polar surface area (TPSA) is 51.0 Å². The second kappa shape index (κ2) is 3.19. The minimum absolute atomic E-state index is 0.270. The molecule has 14 heavy (non-hydrogen) atoms. The molecule has 1 unspecified atom stereocenters. The van der Waals surface area contributed by atoms with E-state index < -0.39 is 11.1 Å². The van der Waals surface area contributed by atoms with Gasteiger partial charge in [0.1, 0.15) is 0 Å². The summed E-state index contributed by atoms with van der Waals surface area (Å²) in [7, 11) is 0. The Bertz CT molecular complexity index is 313. The minimum Gasteiger partial charge on any atom is -0.431 e. The fourth-order valence-corrected chi connectivity index (χ4v) is 0.859. The second-order valence-electron chi connectivity index (χ2n) is 4.65. The van der Waals surface area contributed by atoms with Crippen molar-refractivity contribution in [1.29, 1.82) is 0 Å². The molecule has 0 aromatic rings. The van der Waals surface area contributed by atoms with Crippen LogP contribution in [0.3, 0.4) is 0 Å². The molecule has 0 bridgehead atoms. The number of esters is 1. The molecular weight excluding hydrogens is 180 g/mol. The van der Waals surface area contributed by atoms with Crippen molar-refractivity contribution in [2.24, 2.45) is 15.6 Å². The van der Waals surface area contributed by atoms with Crippen molar-refractivity contribution in [3.05, 3.63) is 11.8 Å². The third-order valence-electron chi connectivity index (χ3n) is 2.14. The average molecular weight is 196 g/mol. The van der Waals surface area contributed by atoms with Crippen molar-refractivity contribution in [1.82, 2.24) is 0 Å². The summed E-state index contributed by atoms with van der Waals surface area (Å²) in [5.74, 6) is -0.270. The van der Waals surface area contributed by atoms with Crippen LogP contribution in [0.4, 0.5) is 0 Å². The third kappa shape index (κ3) is 2.00. The lowest BCUT2D eigenvalue weighted by atomic mass is 9.97. The van der Waals surface area contributed by atoms with Gasteiger partial charge in [-0.2, -0.15) is 5.11 Å². The van der Waals surface area contributed by atoms with Crippen LogP contribution in [-0.2, 0) is 9.53 Å². The molecule has 1 atom stereocenters. The number of hydrogen-bond acceptors (Lipinski definition) is 4. The monoisotopic (exact) mass is 196 g/mol. The smallest absolute Gasteiger partial charge is 0.313 e. The third-order valence-corrected chi connectivity index (χ3v) is 2.14. The van der Waals surface area contributed by atoms with Gasteiger partial charge in [-0.3, -0.25) is 4.79 Å². The van der Waals surface area contributed by atoms with Gasteiger partial charge in [-0.1, -0.05) is 0 Å². The van der Waals surface area contributed by atoms with Crippen LogP contribution in [0, 0.1) is 5.41 Å². The number of nitrogens with zero attached hydrogens (tertiary/aromatic N) is 2. The van der Waals surface area contributed by atoms with Crippen LogP contribution >= 0.6 is 0 Å². The summed E-state index contributed by atoms with van der Waals surface area (Å²) in [4.78, 5) is 11.6. The zero-order valence-electron chi connectivity index (χ0n) is 9.29. The highest BCUT2D eigenvalue weighted by molar-refractivity contribution is 5.76. The molecule has 0 saturated heterocycles. The van der Waals surface area contributed by atoms with Gasteiger partial charge in [-0.05, 0) is 27.7 Å². The van der Waals surface area contributed by atoms with E-state index in [4.69, 9.17) is 4.74 Å². The number of rotatable bonds is 1. The average Bonchev–Trinajstić information content (AvgIpc) is 2.30. The first-order valence-electron chi connectivity index (χ1n) is 4.58. The lowest BCUT2D eigenvalue weighted by Gasteiger charge is -2.26. The van der Waals surface area contributed by atoms with Crippen LogP contribution in [0.5, 0.6) is 0 Å². The molecule has 1 aliphatic heterocycles. The fourth-order valence-electron chi connectivity index (χ4n) is 0.859. The first-order valence-corrected chi connectivity index (χ1v) is 4.58. The van der Waals surface area contributed by atoms with Crippen LogP contribution in [-0.4, -0.2) is 11.7 Å². The summed E-state index contributed by atoms with van der Waals surface area (Å²) in [6, 6.07) is 0. The Morgan fingerprint density at radius 3 is 2.43 bits per heavy atom. The van der Waals surface area contributed by atoms with E-state index in [-0.39, 0.29) is 5.97 Å².